The highest BCUT2D eigenvalue weighted by Gasteiger charge is 2.40. The van der Waals surface area contributed by atoms with Crippen molar-refractivity contribution in [3.05, 3.63) is 47.0 Å². The van der Waals surface area contributed by atoms with Gasteiger partial charge in [0.2, 0.25) is 0 Å². The first-order chi connectivity index (χ1) is 9.80. The van der Waals surface area contributed by atoms with E-state index in [0.717, 1.165) is 10.9 Å². The van der Waals surface area contributed by atoms with Crippen molar-refractivity contribution in [1.29, 1.82) is 0 Å². The van der Waals surface area contributed by atoms with E-state index in [1.165, 1.54) is 11.9 Å². The van der Waals surface area contributed by atoms with Gasteiger partial charge in [0.05, 0.1) is 12.1 Å². The maximum Gasteiger partial charge on any atom is 0.137 e. The Balaban J connectivity index is 2.11. The van der Waals surface area contributed by atoms with Crippen LogP contribution in [0.15, 0.2) is 41.4 Å². The van der Waals surface area contributed by atoms with Crippen LogP contribution in [0.4, 0.5) is 0 Å². The number of benzene rings is 1. The Labute approximate surface area is 134 Å². The zero-order valence-electron chi connectivity index (χ0n) is 12.8. The van der Waals surface area contributed by atoms with Gasteiger partial charge in [-0.15, -0.1) is 0 Å². The topological polar surface area (TPSA) is 50.9 Å². The lowest BCUT2D eigenvalue weighted by Crippen LogP contribution is -2.47. The fourth-order valence-corrected chi connectivity index (χ4v) is 2.54. The number of hydrogen-bond acceptors (Lipinski definition) is 3. The quantitative estimate of drug-likeness (QED) is 0.897. The Bertz CT molecular complexity index is 560. The fourth-order valence-electron chi connectivity index (χ4n) is 2.28. The van der Waals surface area contributed by atoms with Gasteiger partial charge < -0.3 is 5.11 Å². The van der Waals surface area contributed by atoms with Crippen molar-refractivity contribution in [3.63, 3.8) is 0 Å². The summed E-state index contributed by atoms with van der Waals surface area (Å²) < 4.78 is 2.77. The van der Waals surface area contributed by atoms with E-state index in [1.54, 1.807) is 11.0 Å². The highest BCUT2D eigenvalue weighted by molar-refractivity contribution is 9.10. The van der Waals surface area contributed by atoms with E-state index in [1.807, 2.05) is 12.1 Å². The number of halogens is 1. The monoisotopic (exact) mass is 351 g/mol. The highest BCUT2D eigenvalue weighted by atomic mass is 79.9. The minimum absolute atomic E-state index is 0.242. The Morgan fingerprint density at radius 3 is 2.38 bits per heavy atom. The van der Waals surface area contributed by atoms with Gasteiger partial charge >= 0.3 is 0 Å². The van der Waals surface area contributed by atoms with Crippen LogP contribution in [0, 0.1) is 5.41 Å². The van der Waals surface area contributed by atoms with Crippen molar-refractivity contribution < 1.29 is 5.11 Å². The zero-order chi connectivity index (χ0) is 15.5. The summed E-state index contributed by atoms with van der Waals surface area (Å²) in [6.45, 7) is 6.63. The lowest BCUT2D eigenvalue weighted by atomic mass is 9.73. The summed E-state index contributed by atoms with van der Waals surface area (Å²) in [4.78, 5) is 3.95. The van der Waals surface area contributed by atoms with Crippen LogP contribution in [0.2, 0.25) is 0 Å². The zero-order valence-corrected chi connectivity index (χ0v) is 14.3. The molecule has 0 saturated heterocycles. The number of aryl methyl sites for hydroxylation is 1. The van der Waals surface area contributed by atoms with Crippen molar-refractivity contribution >= 4 is 15.9 Å². The summed E-state index contributed by atoms with van der Waals surface area (Å²) in [5.41, 5.74) is 0.140. The molecule has 0 aliphatic rings. The van der Waals surface area contributed by atoms with E-state index in [-0.39, 0.29) is 5.41 Å². The minimum Gasteiger partial charge on any atom is -0.387 e. The third-order valence-corrected chi connectivity index (χ3v) is 4.56. The molecule has 1 aromatic carbocycles. The van der Waals surface area contributed by atoms with Crippen molar-refractivity contribution in [3.8, 4) is 0 Å². The number of aliphatic hydroxyl groups is 1. The third-order valence-electron chi connectivity index (χ3n) is 4.03. The minimum atomic E-state index is -0.840. The van der Waals surface area contributed by atoms with Gasteiger partial charge in [-0.25, -0.2) is 4.98 Å². The second-order valence-corrected chi connectivity index (χ2v) is 7.42. The molecule has 1 aromatic heterocycles. The van der Waals surface area contributed by atoms with Gasteiger partial charge in [-0.2, -0.15) is 5.10 Å². The van der Waals surface area contributed by atoms with Gasteiger partial charge in [-0.05, 0) is 36.0 Å². The Hall–Kier alpha value is -1.20. The molecule has 0 fully saturated rings. The summed E-state index contributed by atoms with van der Waals surface area (Å²) in [6, 6.07) is 8.23. The number of aromatic nitrogens is 3. The summed E-state index contributed by atoms with van der Waals surface area (Å²) in [6.07, 6.45) is 4.65. The molecule has 4 nitrogen and oxygen atoms in total. The van der Waals surface area contributed by atoms with Crippen molar-refractivity contribution in [2.45, 2.75) is 45.8 Å². The van der Waals surface area contributed by atoms with Crippen molar-refractivity contribution in [2.24, 2.45) is 5.41 Å². The molecule has 0 saturated carbocycles. The molecule has 114 valence electrons. The third kappa shape index (κ3) is 4.14. The predicted octanol–water partition coefficient (Wildman–Crippen LogP) is 3.45. The van der Waals surface area contributed by atoms with Gasteiger partial charge in [-0.3, -0.25) is 4.68 Å². The first-order valence-electron chi connectivity index (χ1n) is 7.09. The summed E-state index contributed by atoms with van der Waals surface area (Å²) in [7, 11) is 0. The average Bonchev–Trinajstić information content (AvgIpc) is 2.89. The maximum absolute atomic E-state index is 11.1. The van der Waals surface area contributed by atoms with E-state index in [0.29, 0.717) is 13.0 Å². The molecule has 0 aliphatic heterocycles. The normalized spacial score (nSPS) is 14.9. The van der Waals surface area contributed by atoms with Gasteiger partial charge in [0, 0.05) is 4.47 Å². The predicted molar refractivity (Wildman–Crippen MR) is 86.9 cm³/mol. The molecule has 21 heavy (non-hydrogen) atoms. The molecule has 1 N–H and O–H groups in total. The largest absolute Gasteiger partial charge is 0.387 e. The molecule has 0 amide bonds. The first kappa shape index (κ1) is 16.2. The smallest absolute Gasteiger partial charge is 0.137 e. The molecule has 1 atom stereocenters. The van der Waals surface area contributed by atoms with Gasteiger partial charge in [0.15, 0.2) is 0 Å². The van der Waals surface area contributed by atoms with E-state index in [4.69, 9.17) is 0 Å². The van der Waals surface area contributed by atoms with Crippen LogP contribution in [-0.4, -0.2) is 25.5 Å². The molecule has 2 aromatic rings. The number of rotatable bonds is 5. The average molecular weight is 352 g/mol. The van der Waals surface area contributed by atoms with Crippen LogP contribution >= 0.6 is 15.9 Å². The van der Waals surface area contributed by atoms with Crippen molar-refractivity contribution in [2.75, 3.05) is 0 Å². The molecule has 0 aliphatic carbocycles. The molecule has 1 heterocycles. The Kier molecular flexibility index (Phi) is 4.84. The summed E-state index contributed by atoms with van der Waals surface area (Å²) in [5, 5.41) is 15.3. The highest BCUT2D eigenvalue weighted by Crippen LogP contribution is 2.35. The number of nitrogens with zero attached hydrogens (tertiary/aromatic N) is 3. The summed E-state index contributed by atoms with van der Waals surface area (Å²) in [5.74, 6) is 0. The fraction of sp³-hybridized carbons (Fsp3) is 0.500. The lowest BCUT2D eigenvalue weighted by molar-refractivity contribution is -0.0796. The molecular formula is C16H22BrN3O. The Morgan fingerprint density at radius 1 is 1.19 bits per heavy atom. The van der Waals surface area contributed by atoms with Crippen LogP contribution < -0.4 is 0 Å². The van der Waals surface area contributed by atoms with Crippen molar-refractivity contribution in [1.82, 2.24) is 14.8 Å². The molecule has 5 heteroatoms. The first-order valence-corrected chi connectivity index (χ1v) is 7.89. The molecule has 0 spiro atoms. The van der Waals surface area contributed by atoms with Crippen LogP contribution in [0.5, 0.6) is 0 Å². The molecule has 0 radical (unpaired) electrons. The Morgan fingerprint density at radius 2 is 1.86 bits per heavy atom. The van der Waals surface area contributed by atoms with Crippen LogP contribution in [0.1, 0.15) is 32.8 Å². The number of hydrogen-bond donors (Lipinski definition) is 1. The maximum atomic E-state index is 11.1. The van der Waals surface area contributed by atoms with Crippen LogP contribution in [0.25, 0.3) is 0 Å². The van der Waals surface area contributed by atoms with Gasteiger partial charge in [0.1, 0.15) is 12.7 Å². The van der Waals surface area contributed by atoms with E-state index >= 15 is 0 Å². The van der Waals surface area contributed by atoms with Gasteiger partial charge in [0.25, 0.3) is 0 Å². The molecule has 0 bridgehead atoms. The van der Waals surface area contributed by atoms with E-state index in [2.05, 4.69) is 58.9 Å². The molecular weight excluding hydrogens is 330 g/mol. The van der Waals surface area contributed by atoms with Crippen LogP contribution in [-0.2, 0) is 13.0 Å². The van der Waals surface area contributed by atoms with E-state index < -0.39 is 5.60 Å². The molecule has 1 unspecified atom stereocenters. The van der Waals surface area contributed by atoms with E-state index in [9.17, 15) is 5.11 Å². The lowest BCUT2D eigenvalue weighted by Gasteiger charge is -2.40. The van der Waals surface area contributed by atoms with Gasteiger partial charge in [-0.1, -0.05) is 48.8 Å². The second kappa shape index (κ2) is 6.28. The summed E-state index contributed by atoms with van der Waals surface area (Å²) >= 11 is 3.44. The SMILES string of the molecule is CC(C)(C)C(O)(CCc1ccc(Br)cc1)Cn1cncn1. The standard InChI is InChI=1S/C16H22BrN3O/c1-15(2,3)16(21,10-20-12-18-11-19-20)9-8-13-4-6-14(17)7-5-13/h4-7,11-12,21H,8-10H2,1-3H3. The second-order valence-electron chi connectivity index (χ2n) is 6.50. The molecule has 2 rings (SSSR count). The van der Waals surface area contributed by atoms with Crippen LogP contribution in [0.3, 0.4) is 0 Å².